The van der Waals surface area contributed by atoms with Gasteiger partial charge in [-0.25, -0.2) is 8.78 Å². The van der Waals surface area contributed by atoms with E-state index in [1.54, 1.807) is 0 Å². The normalized spacial score (nSPS) is 10.4. The lowest BCUT2D eigenvalue weighted by Gasteiger charge is -2.09. The van der Waals surface area contributed by atoms with Crippen LogP contribution in [0.1, 0.15) is 15.9 Å². The van der Waals surface area contributed by atoms with Gasteiger partial charge in [-0.05, 0) is 31.2 Å². The van der Waals surface area contributed by atoms with Gasteiger partial charge >= 0.3 is 0 Å². The third-order valence-corrected chi connectivity index (χ3v) is 3.18. The highest BCUT2D eigenvalue weighted by Crippen LogP contribution is 2.27. The van der Waals surface area contributed by atoms with Crippen LogP contribution in [0.5, 0.6) is 0 Å². The highest BCUT2D eigenvalue weighted by atomic mass is 35.5. The molecule has 0 heterocycles. The molecule has 8 heteroatoms. The zero-order valence-electron chi connectivity index (χ0n) is 11.2. The van der Waals surface area contributed by atoms with E-state index in [-0.39, 0.29) is 16.3 Å². The Bertz CT molecular complexity index is 781. The van der Waals surface area contributed by atoms with E-state index in [1.807, 2.05) is 0 Å². The number of hydrogen-bond acceptors (Lipinski definition) is 3. The summed E-state index contributed by atoms with van der Waals surface area (Å²) in [5.41, 5.74) is -1.31. The van der Waals surface area contributed by atoms with Gasteiger partial charge in [-0.1, -0.05) is 17.7 Å². The van der Waals surface area contributed by atoms with E-state index >= 15 is 0 Å². The zero-order chi connectivity index (χ0) is 16.4. The maximum Gasteiger partial charge on any atom is 0.285 e. The first kappa shape index (κ1) is 15.8. The van der Waals surface area contributed by atoms with Crippen LogP contribution in [-0.4, -0.2) is 10.8 Å². The molecule has 0 spiro atoms. The molecule has 0 aliphatic heterocycles. The number of nitrogens with zero attached hydrogens (tertiary/aromatic N) is 1. The Hall–Kier alpha value is -2.54. The molecule has 1 N–H and O–H groups in total. The van der Waals surface area contributed by atoms with Crippen molar-refractivity contribution in [1.82, 2.24) is 0 Å². The fourth-order valence-corrected chi connectivity index (χ4v) is 2.12. The topological polar surface area (TPSA) is 72.2 Å². The maximum absolute atomic E-state index is 13.7. The van der Waals surface area contributed by atoms with Crippen LogP contribution < -0.4 is 5.32 Å². The number of nitro groups is 1. The van der Waals surface area contributed by atoms with Gasteiger partial charge in [-0.15, -0.1) is 0 Å². The van der Waals surface area contributed by atoms with E-state index in [9.17, 15) is 23.7 Å². The van der Waals surface area contributed by atoms with E-state index in [0.29, 0.717) is 0 Å². The monoisotopic (exact) mass is 326 g/mol. The van der Waals surface area contributed by atoms with Crippen LogP contribution in [0.4, 0.5) is 20.2 Å². The first-order chi connectivity index (χ1) is 10.3. The van der Waals surface area contributed by atoms with Crippen molar-refractivity contribution in [2.75, 3.05) is 5.32 Å². The fourth-order valence-electron chi connectivity index (χ4n) is 1.94. The third kappa shape index (κ3) is 3.04. The first-order valence-electron chi connectivity index (χ1n) is 6.01. The number of amides is 1. The standard InChI is InChI=1S/C14H9ClF2N2O3/c1-7-5-8(16)6-9(13(7)19(21)22)14(20)18-11-4-2-3-10(15)12(11)17/h2-6H,1H3,(H,18,20). The molecule has 0 bridgehead atoms. The molecular formula is C14H9ClF2N2O3. The van der Waals surface area contributed by atoms with Gasteiger partial charge in [0.2, 0.25) is 0 Å². The fraction of sp³-hybridized carbons (Fsp3) is 0.0714. The molecule has 22 heavy (non-hydrogen) atoms. The number of halogens is 3. The second-order valence-corrected chi connectivity index (χ2v) is 4.84. The number of carbonyl (C=O) groups is 1. The molecule has 0 unspecified atom stereocenters. The molecule has 2 rings (SSSR count). The highest BCUT2D eigenvalue weighted by molar-refractivity contribution is 6.31. The molecule has 0 aromatic heterocycles. The predicted octanol–water partition coefficient (Wildman–Crippen LogP) is 4.09. The lowest BCUT2D eigenvalue weighted by Crippen LogP contribution is -2.16. The summed E-state index contributed by atoms with van der Waals surface area (Å²) in [5, 5.41) is 13.0. The van der Waals surface area contributed by atoms with Gasteiger partial charge in [-0.3, -0.25) is 14.9 Å². The van der Waals surface area contributed by atoms with Crippen molar-refractivity contribution < 1.29 is 18.5 Å². The summed E-state index contributed by atoms with van der Waals surface area (Å²) in [6, 6.07) is 5.57. The van der Waals surface area contributed by atoms with Gasteiger partial charge in [0.1, 0.15) is 11.4 Å². The number of rotatable bonds is 3. The van der Waals surface area contributed by atoms with Crippen LogP contribution in [0.25, 0.3) is 0 Å². The van der Waals surface area contributed by atoms with Crippen LogP contribution in [0, 0.1) is 28.7 Å². The van der Waals surface area contributed by atoms with Crippen LogP contribution >= 0.6 is 11.6 Å². The Morgan fingerprint density at radius 3 is 2.64 bits per heavy atom. The molecule has 0 aliphatic carbocycles. The number of aryl methyl sites for hydroxylation is 1. The lowest BCUT2D eigenvalue weighted by molar-refractivity contribution is -0.385. The minimum Gasteiger partial charge on any atom is -0.319 e. The van der Waals surface area contributed by atoms with Crippen molar-refractivity contribution in [3.05, 3.63) is 68.2 Å². The van der Waals surface area contributed by atoms with Crippen molar-refractivity contribution in [3.8, 4) is 0 Å². The van der Waals surface area contributed by atoms with Crippen LogP contribution in [0.15, 0.2) is 30.3 Å². The molecule has 5 nitrogen and oxygen atoms in total. The summed E-state index contributed by atoms with van der Waals surface area (Å²) in [4.78, 5) is 22.4. The van der Waals surface area contributed by atoms with E-state index in [2.05, 4.69) is 5.32 Å². The molecule has 0 saturated carbocycles. The Kier molecular flexibility index (Phi) is 4.37. The zero-order valence-corrected chi connectivity index (χ0v) is 11.9. The van der Waals surface area contributed by atoms with Crippen molar-refractivity contribution in [1.29, 1.82) is 0 Å². The second kappa shape index (κ2) is 6.07. The smallest absolute Gasteiger partial charge is 0.285 e. The van der Waals surface area contributed by atoms with Gasteiger partial charge < -0.3 is 5.32 Å². The average molecular weight is 327 g/mol. The Balaban J connectivity index is 2.46. The van der Waals surface area contributed by atoms with Crippen molar-refractivity contribution in [2.45, 2.75) is 6.92 Å². The van der Waals surface area contributed by atoms with Crippen molar-refractivity contribution in [2.24, 2.45) is 0 Å². The number of nitro benzene ring substituents is 1. The molecule has 0 fully saturated rings. The maximum atomic E-state index is 13.7. The first-order valence-corrected chi connectivity index (χ1v) is 6.39. The molecule has 2 aromatic carbocycles. The van der Waals surface area contributed by atoms with E-state index < -0.39 is 33.7 Å². The van der Waals surface area contributed by atoms with Crippen LogP contribution in [0.2, 0.25) is 5.02 Å². The summed E-state index contributed by atoms with van der Waals surface area (Å²) in [6.07, 6.45) is 0. The SMILES string of the molecule is Cc1cc(F)cc(C(=O)Nc2cccc(Cl)c2F)c1[N+](=O)[O-]. The number of hydrogen-bond donors (Lipinski definition) is 1. The van der Waals surface area contributed by atoms with Gasteiger partial charge in [0.15, 0.2) is 5.82 Å². The molecule has 2 aromatic rings. The number of nitrogens with one attached hydrogen (secondary N) is 1. The van der Waals surface area contributed by atoms with Gasteiger partial charge in [0, 0.05) is 5.56 Å². The summed E-state index contributed by atoms with van der Waals surface area (Å²) < 4.78 is 27.2. The molecule has 114 valence electrons. The Morgan fingerprint density at radius 2 is 2.00 bits per heavy atom. The van der Waals surface area contributed by atoms with E-state index in [1.165, 1.54) is 25.1 Å². The minimum atomic E-state index is -1.00. The minimum absolute atomic E-state index is 0.0123. The molecule has 1 amide bonds. The molecule has 0 radical (unpaired) electrons. The molecule has 0 atom stereocenters. The lowest BCUT2D eigenvalue weighted by atomic mass is 10.1. The number of carbonyl (C=O) groups excluding carboxylic acids is 1. The Labute approximate surface area is 128 Å². The second-order valence-electron chi connectivity index (χ2n) is 4.43. The predicted molar refractivity (Wildman–Crippen MR) is 77.2 cm³/mol. The van der Waals surface area contributed by atoms with E-state index in [0.717, 1.165) is 12.1 Å². The van der Waals surface area contributed by atoms with Crippen molar-refractivity contribution in [3.63, 3.8) is 0 Å². The van der Waals surface area contributed by atoms with Gasteiger partial charge in [0.25, 0.3) is 11.6 Å². The van der Waals surface area contributed by atoms with Gasteiger partial charge in [0.05, 0.1) is 15.6 Å². The summed E-state index contributed by atoms with van der Waals surface area (Å²) in [7, 11) is 0. The van der Waals surface area contributed by atoms with Gasteiger partial charge in [-0.2, -0.15) is 0 Å². The van der Waals surface area contributed by atoms with Crippen LogP contribution in [-0.2, 0) is 0 Å². The van der Waals surface area contributed by atoms with Crippen LogP contribution in [0.3, 0.4) is 0 Å². The summed E-state index contributed by atoms with van der Waals surface area (Å²) in [5.74, 6) is -2.69. The number of anilines is 1. The molecule has 0 aliphatic rings. The molecule has 0 saturated heterocycles. The summed E-state index contributed by atoms with van der Waals surface area (Å²) >= 11 is 5.58. The van der Waals surface area contributed by atoms with Crippen molar-refractivity contribution >= 4 is 28.9 Å². The average Bonchev–Trinajstić information content (AvgIpc) is 2.42. The quantitative estimate of drug-likeness (QED) is 0.682. The largest absolute Gasteiger partial charge is 0.319 e. The highest BCUT2D eigenvalue weighted by Gasteiger charge is 2.25. The third-order valence-electron chi connectivity index (χ3n) is 2.89. The van der Waals surface area contributed by atoms with E-state index in [4.69, 9.17) is 11.6 Å². The number of benzene rings is 2. The molecular weight excluding hydrogens is 318 g/mol. The summed E-state index contributed by atoms with van der Waals surface area (Å²) in [6.45, 7) is 1.30. The Morgan fingerprint density at radius 1 is 1.32 bits per heavy atom.